The molecular weight excluding hydrogens is 461 g/mol. The van der Waals surface area contributed by atoms with Crippen molar-refractivity contribution in [3.63, 3.8) is 0 Å². The number of carbonyl (C=O) groups excluding carboxylic acids is 2. The first-order valence-corrected chi connectivity index (χ1v) is 11.8. The monoisotopic (exact) mass is 489 g/mol. The molecule has 3 rings (SSSR count). The quantitative estimate of drug-likeness (QED) is 0.489. The fraction of sp³-hybridized carbons (Fsp3) is 0.400. The maximum absolute atomic E-state index is 14.1. The van der Waals surface area contributed by atoms with Gasteiger partial charge in [0.15, 0.2) is 5.78 Å². The number of halogens is 2. The van der Waals surface area contributed by atoms with Crippen molar-refractivity contribution in [2.24, 2.45) is 0 Å². The molecule has 0 atom stereocenters. The van der Waals surface area contributed by atoms with E-state index in [1.165, 1.54) is 30.7 Å². The second-order valence-electron chi connectivity index (χ2n) is 8.35. The van der Waals surface area contributed by atoms with Gasteiger partial charge >= 0.3 is 6.09 Å². The molecule has 0 aliphatic carbocycles. The van der Waals surface area contributed by atoms with E-state index in [1.54, 1.807) is 18.2 Å². The molecule has 2 amide bonds. The second kappa shape index (κ2) is 12.5. The summed E-state index contributed by atoms with van der Waals surface area (Å²) < 4.78 is 14.1. The maximum atomic E-state index is 14.1. The number of nitrogens with zero attached hydrogens (tertiary/aromatic N) is 2. The van der Waals surface area contributed by atoms with Gasteiger partial charge in [0.05, 0.1) is 5.56 Å². The summed E-state index contributed by atoms with van der Waals surface area (Å²) in [6, 6.07) is 10.2. The average Bonchev–Trinajstić information content (AvgIpc) is 2.83. The molecule has 7 nitrogen and oxygen atoms in total. The molecule has 1 aliphatic heterocycles. The third kappa shape index (κ3) is 7.27. The largest absolute Gasteiger partial charge is 0.465 e. The lowest BCUT2D eigenvalue weighted by atomic mass is 9.98. The number of amides is 2. The van der Waals surface area contributed by atoms with Crippen LogP contribution in [0.5, 0.6) is 0 Å². The maximum Gasteiger partial charge on any atom is 0.407 e. The summed E-state index contributed by atoms with van der Waals surface area (Å²) in [5.41, 5.74) is 0.538. The van der Waals surface area contributed by atoms with Crippen molar-refractivity contribution in [2.75, 3.05) is 32.7 Å². The Hall–Kier alpha value is -2.97. The molecule has 1 saturated heterocycles. The number of carboxylic acid groups (broad SMARTS) is 1. The van der Waals surface area contributed by atoms with Crippen LogP contribution >= 0.6 is 11.6 Å². The van der Waals surface area contributed by atoms with Crippen LogP contribution in [0.3, 0.4) is 0 Å². The molecule has 0 spiro atoms. The van der Waals surface area contributed by atoms with Crippen LogP contribution in [-0.2, 0) is 11.3 Å². The smallest absolute Gasteiger partial charge is 0.407 e. The summed E-state index contributed by atoms with van der Waals surface area (Å²) in [6.07, 6.45) is 3.06. The zero-order chi connectivity index (χ0) is 24.5. The number of rotatable bonds is 10. The molecule has 1 fully saturated rings. The van der Waals surface area contributed by atoms with Crippen molar-refractivity contribution in [1.29, 1.82) is 0 Å². The van der Waals surface area contributed by atoms with Gasteiger partial charge in [-0.05, 0) is 68.7 Å². The summed E-state index contributed by atoms with van der Waals surface area (Å²) in [7, 11) is 0. The molecule has 2 N–H and O–H groups in total. The van der Waals surface area contributed by atoms with Crippen LogP contribution in [0, 0.1) is 5.82 Å². The second-order valence-corrected chi connectivity index (χ2v) is 8.78. The predicted molar refractivity (Wildman–Crippen MR) is 128 cm³/mol. The van der Waals surface area contributed by atoms with Crippen molar-refractivity contribution in [1.82, 2.24) is 15.1 Å². The highest BCUT2D eigenvalue weighted by atomic mass is 35.5. The first kappa shape index (κ1) is 25.6. The predicted octanol–water partition coefficient (Wildman–Crippen LogP) is 4.18. The zero-order valence-corrected chi connectivity index (χ0v) is 19.7. The van der Waals surface area contributed by atoms with E-state index in [0.717, 1.165) is 37.4 Å². The summed E-state index contributed by atoms with van der Waals surface area (Å²) in [6.45, 7) is 2.80. The van der Waals surface area contributed by atoms with Crippen LogP contribution in [0.4, 0.5) is 9.18 Å². The molecule has 1 aliphatic rings. The van der Waals surface area contributed by atoms with Gasteiger partial charge < -0.3 is 15.3 Å². The summed E-state index contributed by atoms with van der Waals surface area (Å²) in [5.74, 6) is -1.68. The van der Waals surface area contributed by atoms with Gasteiger partial charge in [-0.25, -0.2) is 9.18 Å². The lowest BCUT2D eigenvalue weighted by molar-refractivity contribution is -0.122. The summed E-state index contributed by atoms with van der Waals surface area (Å²) >= 11 is 6.05. The Kier molecular flexibility index (Phi) is 9.42. The number of benzene rings is 2. The van der Waals surface area contributed by atoms with Crippen molar-refractivity contribution in [2.45, 2.75) is 32.2 Å². The van der Waals surface area contributed by atoms with E-state index in [2.05, 4.69) is 10.2 Å². The lowest BCUT2D eigenvalue weighted by Gasteiger charge is -2.27. The van der Waals surface area contributed by atoms with Gasteiger partial charge in [-0.3, -0.25) is 14.5 Å². The number of hydrogen-bond acceptors (Lipinski definition) is 4. The van der Waals surface area contributed by atoms with Crippen molar-refractivity contribution in [3.8, 4) is 0 Å². The fourth-order valence-corrected chi connectivity index (χ4v) is 4.21. The molecule has 2 aromatic rings. The number of carbonyl (C=O) groups is 3. The first-order valence-electron chi connectivity index (χ1n) is 11.4. The Labute approximate surface area is 203 Å². The SMILES string of the molecule is O=C(CN(CCCN1CCCCC1)C(=O)O)NCc1ccc(Cl)cc1C(=O)c1ccccc1F. The fourth-order valence-electron chi connectivity index (χ4n) is 4.04. The standard InChI is InChI=1S/C25H29ClFN3O4/c26-19-10-9-18(21(15-19)24(32)20-7-2-3-8-22(20)27)16-28-23(31)17-30(25(33)34)14-6-13-29-11-4-1-5-12-29/h2-3,7-10,15H,1,4-6,11-14,16-17H2,(H,28,31)(H,33,34). The van der Waals surface area contributed by atoms with E-state index in [0.29, 0.717) is 17.0 Å². The molecule has 1 heterocycles. The first-order chi connectivity index (χ1) is 16.3. The van der Waals surface area contributed by atoms with Crippen LogP contribution in [0.25, 0.3) is 0 Å². The molecule has 182 valence electrons. The van der Waals surface area contributed by atoms with Crippen LogP contribution in [-0.4, -0.2) is 65.4 Å². The highest BCUT2D eigenvalue weighted by molar-refractivity contribution is 6.31. The molecule has 9 heteroatoms. The number of piperidine rings is 1. The Morgan fingerprint density at radius 2 is 1.79 bits per heavy atom. The van der Waals surface area contributed by atoms with Crippen LogP contribution in [0.15, 0.2) is 42.5 Å². The van der Waals surface area contributed by atoms with E-state index >= 15 is 0 Å². The van der Waals surface area contributed by atoms with Crippen LogP contribution < -0.4 is 5.32 Å². The minimum absolute atomic E-state index is 0.0211. The van der Waals surface area contributed by atoms with Crippen LogP contribution in [0.2, 0.25) is 5.02 Å². The number of likely N-dealkylation sites (tertiary alicyclic amines) is 1. The van der Waals surface area contributed by atoms with E-state index in [1.807, 2.05) is 0 Å². The molecule has 0 unspecified atom stereocenters. The molecule has 0 radical (unpaired) electrons. The van der Waals surface area contributed by atoms with Crippen molar-refractivity contribution in [3.05, 3.63) is 70.0 Å². The third-order valence-corrected chi connectivity index (χ3v) is 6.10. The minimum atomic E-state index is -1.16. The Bertz CT molecular complexity index is 1030. The Morgan fingerprint density at radius 1 is 1.06 bits per heavy atom. The van der Waals surface area contributed by atoms with E-state index in [4.69, 9.17) is 11.6 Å². The highest BCUT2D eigenvalue weighted by Crippen LogP contribution is 2.21. The highest BCUT2D eigenvalue weighted by Gasteiger charge is 2.20. The Balaban J connectivity index is 1.58. The van der Waals surface area contributed by atoms with E-state index < -0.39 is 23.6 Å². The number of hydrogen-bond donors (Lipinski definition) is 2. The normalized spacial score (nSPS) is 13.9. The molecule has 34 heavy (non-hydrogen) atoms. The third-order valence-electron chi connectivity index (χ3n) is 5.87. The lowest BCUT2D eigenvalue weighted by Crippen LogP contribution is -2.41. The average molecular weight is 490 g/mol. The van der Waals surface area contributed by atoms with Gasteiger partial charge in [0.2, 0.25) is 5.91 Å². The van der Waals surface area contributed by atoms with Crippen LogP contribution in [0.1, 0.15) is 47.2 Å². The van der Waals surface area contributed by atoms with Gasteiger partial charge in [-0.2, -0.15) is 0 Å². The van der Waals surface area contributed by atoms with Gasteiger partial charge in [0.1, 0.15) is 12.4 Å². The van der Waals surface area contributed by atoms with Crippen molar-refractivity contribution >= 4 is 29.4 Å². The topological polar surface area (TPSA) is 90.0 Å². The zero-order valence-electron chi connectivity index (χ0n) is 18.9. The number of nitrogens with one attached hydrogen (secondary N) is 1. The van der Waals surface area contributed by atoms with Gasteiger partial charge in [0, 0.05) is 23.7 Å². The van der Waals surface area contributed by atoms with Gasteiger partial charge in [-0.1, -0.05) is 36.2 Å². The molecular formula is C25H29ClFN3O4. The van der Waals surface area contributed by atoms with Crippen molar-refractivity contribution < 1.29 is 23.9 Å². The molecule has 0 saturated carbocycles. The summed E-state index contributed by atoms with van der Waals surface area (Å²) in [4.78, 5) is 40.4. The van der Waals surface area contributed by atoms with E-state index in [9.17, 15) is 23.9 Å². The minimum Gasteiger partial charge on any atom is -0.465 e. The molecule has 2 aromatic carbocycles. The molecule has 0 bridgehead atoms. The summed E-state index contributed by atoms with van der Waals surface area (Å²) in [5, 5.41) is 12.4. The Morgan fingerprint density at radius 3 is 2.50 bits per heavy atom. The molecule has 0 aromatic heterocycles. The van der Waals surface area contributed by atoms with E-state index in [-0.39, 0.29) is 30.8 Å². The van der Waals surface area contributed by atoms with Gasteiger partial charge in [0.25, 0.3) is 0 Å². The van der Waals surface area contributed by atoms with Gasteiger partial charge in [-0.15, -0.1) is 0 Å². The number of ketones is 1.